The summed E-state index contributed by atoms with van der Waals surface area (Å²) in [5.74, 6) is -0.534. The minimum absolute atomic E-state index is 0.00768. The molecule has 1 aromatic carbocycles. The van der Waals surface area contributed by atoms with Gasteiger partial charge in [-0.05, 0) is 6.07 Å². The van der Waals surface area contributed by atoms with Gasteiger partial charge in [0, 0.05) is 26.2 Å². The number of nitrogens with two attached hydrogens (primary N) is 1. The number of nitrogens with zero attached hydrogens (tertiary/aromatic N) is 2. The predicted molar refractivity (Wildman–Crippen MR) is 65.7 cm³/mol. The number of amides is 1. The number of likely N-dealkylation sites (N-methyl/N-ethyl adjacent to an activating group) is 1. The van der Waals surface area contributed by atoms with E-state index in [1.807, 2.05) is 0 Å². The van der Waals surface area contributed by atoms with Gasteiger partial charge in [-0.1, -0.05) is 11.6 Å². The molecule has 0 saturated carbocycles. The van der Waals surface area contributed by atoms with Gasteiger partial charge in [0.15, 0.2) is 0 Å². The summed E-state index contributed by atoms with van der Waals surface area (Å²) in [5, 5.41) is -0.00768. The van der Waals surface area contributed by atoms with Crippen LogP contribution in [0.4, 0.5) is 15.8 Å². The highest BCUT2D eigenvalue weighted by molar-refractivity contribution is 6.31. The molecule has 6 heteroatoms. The van der Waals surface area contributed by atoms with Crippen LogP contribution < -0.4 is 10.6 Å². The normalized spacial score (nSPS) is 16.5. The van der Waals surface area contributed by atoms with Crippen LogP contribution in [0.3, 0.4) is 0 Å². The van der Waals surface area contributed by atoms with Crippen molar-refractivity contribution in [2.45, 2.75) is 0 Å². The minimum Gasteiger partial charge on any atom is -0.397 e. The van der Waals surface area contributed by atoms with Crippen molar-refractivity contribution in [3.8, 4) is 0 Å². The quantitative estimate of drug-likeness (QED) is 0.773. The molecule has 17 heavy (non-hydrogen) atoms. The predicted octanol–water partition coefficient (Wildman–Crippen LogP) is 1.34. The molecule has 0 atom stereocenters. The fourth-order valence-corrected chi connectivity index (χ4v) is 1.96. The van der Waals surface area contributed by atoms with Crippen molar-refractivity contribution >= 4 is 28.9 Å². The first-order valence-corrected chi connectivity index (χ1v) is 5.60. The number of rotatable bonds is 1. The number of benzene rings is 1. The van der Waals surface area contributed by atoms with Crippen molar-refractivity contribution in [2.75, 3.05) is 37.3 Å². The number of hydrogen-bond acceptors (Lipinski definition) is 3. The molecule has 1 heterocycles. The molecule has 0 aromatic heterocycles. The lowest BCUT2D eigenvalue weighted by Crippen LogP contribution is -2.48. The van der Waals surface area contributed by atoms with Gasteiger partial charge in [-0.2, -0.15) is 0 Å². The van der Waals surface area contributed by atoms with Crippen molar-refractivity contribution in [3.05, 3.63) is 23.0 Å². The van der Waals surface area contributed by atoms with Gasteiger partial charge in [-0.3, -0.25) is 4.79 Å². The van der Waals surface area contributed by atoms with Gasteiger partial charge in [-0.25, -0.2) is 4.39 Å². The van der Waals surface area contributed by atoms with E-state index in [-0.39, 0.29) is 17.5 Å². The Balaban J connectivity index is 2.29. The minimum atomic E-state index is -0.526. The molecule has 1 amide bonds. The van der Waals surface area contributed by atoms with Crippen LogP contribution in [-0.2, 0) is 4.79 Å². The molecular weight excluding hydrogens is 245 g/mol. The van der Waals surface area contributed by atoms with Crippen LogP contribution in [0.2, 0.25) is 5.02 Å². The maximum Gasteiger partial charge on any atom is 0.241 e. The molecule has 1 fully saturated rings. The maximum atomic E-state index is 13.4. The largest absolute Gasteiger partial charge is 0.397 e. The van der Waals surface area contributed by atoms with Gasteiger partial charge in [0.1, 0.15) is 5.82 Å². The zero-order valence-electron chi connectivity index (χ0n) is 9.41. The standard InChI is InChI=1S/C11H13ClFN3O/c1-15-2-3-16(6-11(15)17)10-5-8(13)7(12)4-9(10)14/h4-5H,2-3,6,14H2,1H3. The Morgan fingerprint density at radius 3 is 2.76 bits per heavy atom. The zero-order chi connectivity index (χ0) is 12.6. The fraction of sp³-hybridized carbons (Fsp3) is 0.364. The van der Waals surface area contributed by atoms with Crippen molar-refractivity contribution in [1.82, 2.24) is 4.90 Å². The van der Waals surface area contributed by atoms with Crippen LogP contribution in [0, 0.1) is 5.82 Å². The molecule has 0 aliphatic carbocycles. The van der Waals surface area contributed by atoms with Crippen LogP contribution in [0.1, 0.15) is 0 Å². The van der Waals surface area contributed by atoms with Gasteiger partial charge in [-0.15, -0.1) is 0 Å². The number of carbonyl (C=O) groups excluding carboxylic acids is 1. The molecule has 0 spiro atoms. The highest BCUT2D eigenvalue weighted by Crippen LogP contribution is 2.29. The van der Waals surface area contributed by atoms with Crippen LogP contribution in [0.5, 0.6) is 0 Å². The van der Waals surface area contributed by atoms with E-state index < -0.39 is 5.82 Å². The molecule has 0 bridgehead atoms. The molecule has 1 saturated heterocycles. The van der Waals surface area contributed by atoms with Gasteiger partial charge < -0.3 is 15.5 Å². The number of hydrogen-bond donors (Lipinski definition) is 1. The third-order valence-electron chi connectivity index (χ3n) is 2.87. The summed E-state index contributed by atoms with van der Waals surface area (Å²) in [4.78, 5) is 15.0. The van der Waals surface area contributed by atoms with E-state index in [2.05, 4.69) is 0 Å². The Labute approximate surface area is 104 Å². The van der Waals surface area contributed by atoms with E-state index >= 15 is 0 Å². The zero-order valence-corrected chi connectivity index (χ0v) is 10.2. The van der Waals surface area contributed by atoms with Gasteiger partial charge in [0.05, 0.1) is 22.9 Å². The lowest BCUT2D eigenvalue weighted by atomic mass is 10.2. The molecule has 1 aliphatic rings. The summed E-state index contributed by atoms with van der Waals surface area (Å²) >= 11 is 5.63. The first kappa shape index (κ1) is 12.0. The molecule has 0 unspecified atom stereocenters. The molecule has 2 N–H and O–H groups in total. The average Bonchev–Trinajstić information content (AvgIpc) is 2.27. The Morgan fingerprint density at radius 2 is 2.12 bits per heavy atom. The highest BCUT2D eigenvalue weighted by Gasteiger charge is 2.23. The van der Waals surface area contributed by atoms with Crippen molar-refractivity contribution < 1.29 is 9.18 Å². The van der Waals surface area contributed by atoms with Crippen LogP contribution in [-0.4, -0.2) is 37.5 Å². The van der Waals surface area contributed by atoms with E-state index in [0.29, 0.717) is 24.5 Å². The van der Waals surface area contributed by atoms with Crippen molar-refractivity contribution in [1.29, 1.82) is 0 Å². The van der Waals surface area contributed by atoms with Crippen molar-refractivity contribution in [3.63, 3.8) is 0 Å². The third-order valence-corrected chi connectivity index (χ3v) is 3.16. The lowest BCUT2D eigenvalue weighted by Gasteiger charge is -2.34. The van der Waals surface area contributed by atoms with E-state index in [1.54, 1.807) is 16.8 Å². The molecule has 2 rings (SSSR count). The van der Waals surface area contributed by atoms with E-state index in [0.717, 1.165) is 0 Å². The topological polar surface area (TPSA) is 49.6 Å². The molecule has 1 aromatic rings. The molecule has 0 radical (unpaired) electrons. The van der Waals surface area contributed by atoms with Crippen LogP contribution >= 0.6 is 11.6 Å². The van der Waals surface area contributed by atoms with Crippen LogP contribution in [0.15, 0.2) is 12.1 Å². The summed E-state index contributed by atoms with van der Waals surface area (Å²) in [5.41, 5.74) is 6.69. The van der Waals surface area contributed by atoms with Gasteiger partial charge >= 0.3 is 0 Å². The summed E-state index contributed by atoms with van der Waals surface area (Å²) in [6.45, 7) is 1.44. The molecular formula is C11H13ClFN3O. The third kappa shape index (κ3) is 2.29. The average molecular weight is 258 g/mol. The van der Waals surface area contributed by atoms with E-state index in [1.165, 1.54) is 12.1 Å². The maximum absolute atomic E-state index is 13.4. The monoisotopic (exact) mass is 257 g/mol. The second-order valence-corrected chi connectivity index (χ2v) is 4.47. The van der Waals surface area contributed by atoms with Gasteiger partial charge in [0.2, 0.25) is 5.91 Å². The van der Waals surface area contributed by atoms with E-state index in [4.69, 9.17) is 17.3 Å². The number of piperazine rings is 1. The lowest BCUT2D eigenvalue weighted by molar-refractivity contribution is -0.129. The Bertz CT molecular complexity index is 466. The number of nitrogen functional groups attached to an aromatic ring is 1. The second kappa shape index (κ2) is 4.41. The first-order chi connectivity index (χ1) is 7.99. The molecule has 1 aliphatic heterocycles. The summed E-state index contributed by atoms with van der Waals surface area (Å²) in [6, 6.07) is 2.64. The molecule has 92 valence electrons. The first-order valence-electron chi connectivity index (χ1n) is 5.22. The summed E-state index contributed by atoms with van der Waals surface area (Å²) in [6.07, 6.45) is 0. The fourth-order valence-electron chi connectivity index (χ4n) is 1.79. The summed E-state index contributed by atoms with van der Waals surface area (Å²) in [7, 11) is 1.74. The number of carbonyl (C=O) groups is 1. The van der Waals surface area contributed by atoms with Gasteiger partial charge in [0.25, 0.3) is 0 Å². The SMILES string of the molecule is CN1CCN(c2cc(F)c(Cl)cc2N)CC1=O. The van der Waals surface area contributed by atoms with E-state index in [9.17, 15) is 9.18 Å². The Kier molecular flexibility index (Phi) is 3.11. The molecule has 4 nitrogen and oxygen atoms in total. The highest BCUT2D eigenvalue weighted by atomic mass is 35.5. The Hall–Kier alpha value is -1.49. The second-order valence-electron chi connectivity index (χ2n) is 4.06. The Morgan fingerprint density at radius 1 is 1.41 bits per heavy atom. The van der Waals surface area contributed by atoms with Crippen molar-refractivity contribution in [2.24, 2.45) is 0 Å². The van der Waals surface area contributed by atoms with Crippen LogP contribution in [0.25, 0.3) is 0 Å². The number of halogens is 2. The smallest absolute Gasteiger partial charge is 0.241 e. The summed E-state index contributed by atoms with van der Waals surface area (Å²) < 4.78 is 13.4. The number of anilines is 2.